The molecule has 0 unspecified atom stereocenters. The zero-order chi connectivity index (χ0) is 24.1. The van der Waals surface area contributed by atoms with E-state index in [9.17, 15) is 14.0 Å². The van der Waals surface area contributed by atoms with E-state index in [2.05, 4.69) is 10.9 Å². The van der Waals surface area contributed by atoms with Crippen LogP contribution in [0, 0.1) is 18.7 Å². The highest BCUT2D eigenvalue weighted by Gasteiger charge is 2.35. The summed E-state index contributed by atoms with van der Waals surface area (Å²) in [5.41, 5.74) is 8.74. The molecule has 3 aromatic rings. The van der Waals surface area contributed by atoms with Crippen molar-refractivity contribution in [3.05, 3.63) is 83.7 Å². The zero-order valence-electron chi connectivity index (χ0n) is 19.0. The lowest BCUT2D eigenvalue weighted by molar-refractivity contribution is -0.125. The van der Waals surface area contributed by atoms with Crippen LogP contribution >= 0.6 is 0 Å². The second-order valence-electron chi connectivity index (χ2n) is 8.11. The molecule has 1 saturated heterocycles. The van der Waals surface area contributed by atoms with Gasteiger partial charge in [-0.05, 0) is 48.9 Å². The number of benzene rings is 3. The fourth-order valence-electron chi connectivity index (χ4n) is 3.75. The molecule has 1 fully saturated rings. The van der Waals surface area contributed by atoms with Crippen molar-refractivity contribution in [2.24, 2.45) is 5.92 Å². The number of halogens is 1. The average molecular weight is 464 g/mol. The van der Waals surface area contributed by atoms with Gasteiger partial charge >= 0.3 is 0 Å². The standard InChI is InChI=1S/C26H26FN3O4/c1-17-6-12-21(13-7-17)30-15-19(14-24(30)31)26(32)29-28-22-4-3-5-23(33-2)25(22)34-16-18-8-10-20(27)11-9-18/h3-13,19,28H,14-16H2,1-2H3,(H,29,32)/t19-/m0/s1. The maximum atomic E-state index is 13.2. The van der Waals surface area contributed by atoms with Crippen molar-refractivity contribution >= 4 is 23.2 Å². The van der Waals surface area contributed by atoms with Crippen molar-refractivity contribution < 1.29 is 23.5 Å². The van der Waals surface area contributed by atoms with Crippen LogP contribution in [0.2, 0.25) is 0 Å². The van der Waals surface area contributed by atoms with Crippen LogP contribution in [0.25, 0.3) is 0 Å². The molecule has 1 aliphatic heterocycles. The van der Waals surface area contributed by atoms with Crippen molar-refractivity contribution in [2.75, 3.05) is 24.0 Å². The molecule has 0 radical (unpaired) electrons. The molecule has 1 aliphatic rings. The monoisotopic (exact) mass is 463 g/mol. The Balaban J connectivity index is 1.40. The van der Waals surface area contributed by atoms with Crippen LogP contribution in [0.4, 0.5) is 15.8 Å². The SMILES string of the molecule is COc1cccc(NNC(=O)[C@H]2CC(=O)N(c3ccc(C)cc3)C2)c1OCc1ccc(F)cc1. The normalized spacial score (nSPS) is 15.2. The van der Waals surface area contributed by atoms with Gasteiger partial charge in [0.1, 0.15) is 12.4 Å². The lowest BCUT2D eigenvalue weighted by atomic mass is 10.1. The molecule has 8 heteroatoms. The summed E-state index contributed by atoms with van der Waals surface area (Å²) in [6.45, 7) is 2.47. The van der Waals surface area contributed by atoms with Gasteiger partial charge in [0, 0.05) is 18.7 Å². The third-order valence-electron chi connectivity index (χ3n) is 5.66. The third kappa shape index (κ3) is 5.28. The number of aryl methyl sites for hydroxylation is 1. The zero-order valence-corrected chi connectivity index (χ0v) is 19.0. The maximum absolute atomic E-state index is 13.2. The smallest absolute Gasteiger partial charge is 0.243 e. The lowest BCUT2D eigenvalue weighted by Crippen LogP contribution is -2.36. The minimum Gasteiger partial charge on any atom is -0.493 e. The van der Waals surface area contributed by atoms with E-state index in [0.717, 1.165) is 16.8 Å². The van der Waals surface area contributed by atoms with Crippen molar-refractivity contribution in [3.63, 3.8) is 0 Å². The number of carbonyl (C=O) groups is 2. The van der Waals surface area contributed by atoms with Gasteiger partial charge in [0.05, 0.1) is 18.7 Å². The molecule has 1 heterocycles. The van der Waals surface area contributed by atoms with Gasteiger partial charge in [-0.15, -0.1) is 0 Å². The van der Waals surface area contributed by atoms with E-state index < -0.39 is 5.92 Å². The van der Waals surface area contributed by atoms with Crippen molar-refractivity contribution in [1.29, 1.82) is 0 Å². The molecule has 0 aliphatic carbocycles. The molecule has 0 aromatic heterocycles. The first-order valence-electron chi connectivity index (χ1n) is 10.9. The summed E-state index contributed by atoms with van der Waals surface area (Å²) in [7, 11) is 1.52. The summed E-state index contributed by atoms with van der Waals surface area (Å²) in [6.07, 6.45) is 0.132. The minimum absolute atomic E-state index is 0.0892. The number of methoxy groups -OCH3 is 1. The van der Waals surface area contributed by atoms with Crippen molar-refractivity contribution in [3.8, 4) is 11.5 Å². The fraction of sp³-hybridized carbons (Fsp3) is 0.231. The first-order chi connectivity index (χ1) is 16.4. The Morgan fingerprint density at radius 1 is 1.09 bits per heavy atom. The largest absolute Gasteiger partial charge is 0.493 e. The van der Waals surface area contributed by atoms with Gasteiger partial charge in [0.15, 0.2) is 11.5 Å². The van der Waals surface area contributed by atoms with Gasteiger partial charge in [0.2, 0.25) is 11.8 Å². The van der Waals surface area contributed by atoms with E-state index in [-0.39, 0.29) is 30.7 Å². The Morgan fingerprint density at radius 2 is 1.82 bits per heavy atom. The highest BCUT2D eigenvalue weighted by Crippen LogP contribution is 2.35. The summed E-state index contributed by atoms with van der Waals surface area (Å²) in [5.74, 6) is -0.321. The molecule has 34 heavy (non-hydrogen) atoms. The number of hydrogen-bond acceptors (Lipinski definition) is 5. The van der Waals surface area contributed by atoms with Gasteiger partial charge in [-0.25, -0.2) is 4.39 Å². The Bertz CT molecular complexity index is 1170. The van der Waals surface area contributed by atoms with E-state index in [4.69, 9.17) is 9.47 Å². The highest BCUT2D eigenvalue weighted by molar-refractivity contribution is 6.00. The van der Waals surface area contributed by atoms with E-state index in [1.54, 1.807) is 35.2 Å². The predicted octanol–water partition coefficient (Wildman–Crippen LogP) is 4.22. The molecule has 0 saturated carbocycles. The van der Waals surface area contributed by atoms with Crippen LogP contribution in [0.3, 0.4) is 0 Å². The molecule has 2 amide bonds. The van der Waals surface area contributed by atoms with E-state index in [0.29, 0.717) is 23.7 Å². The maximum Gasteiger partial charge on any atom is 0.243 e. The van der Waals surface area contributed by atoms with Crippen LogP contribution in [0.1, 0.15) is 17.5 Å². The second-order valence-corrected chi connectivity index (χ2v) is 8.11. The summed E-state index contributed by atoms with van der Waals surface area (Å²) < 4.78 is 24.5. The molecule has 0 spiro atoms. The number of carbonyl (C=O) groups excluding carboxylic acids is 2. The number of nitrogens with one attached hydrogen (secondary N) is 2. The van der Waals surface area contributed by atoms with Gasteiger partial charge < -0.3 is 14.4 Å². The van der Waals surface area contributed by atoms with Crippen LogP contribution < -0.4 is 25.2 Å². The van der Waals surface area contributed by atoms with E-state index in [1.807, 2.05) is 31.2 Å². The van der Waals surface area contributed by atoms with Crippen LogP contribution in [-0.4, -0.2) is 25.5 Å². The topological polar surface area (TPSA) is 79.9 Å². The summed E-state index contributed by atoms with van der Waals surface area (Å²) in [4.78, 5) is 26.9. The van der Waals surface area contributed by atoms with Crippen LogP contribution in [0.15, 0.2) is 66.7 Å². The summed E-state index contributed by atoms with van der Waals surface area (Å²) in [6, 6.07) is 18.9. The number of hydrazine groups is 1. The summed E-state index contributed by atoms with van der Waals surface area (Å²) in [5, 5.41) is 0. The molecule has 176 valence electrons. The van der Waals surface area contributed by atoms with E-state index >= 15 is 0 Å². The van der Waals surface area contributed by atoms with Crippen molar-refractivity contribution in [1.82, 2.24) is 5.43 Å². The Morgan fingerprint density at radius 3 is 2.53 bits per heavy atom. The number of rotatable bonds is 8. The Kier molecular flexibility index (Phi) is 6.96. The van der Waals surface area contributed by atoms with Crippen LogP contribution in [-0.2, 0) is 16.2 Å². The fourth-order valence-corrected chi connectivity index (χ4v) is 3.75. The van der Waals surface area contributed by atoms with Gasteiger partial charge in [0.25, 0.3) is 0 Å². The number of ether oxygens (including phenoxy) is 2. The van der Waals surface area contributed by atoms with E-state index in [1.165, 1.54) is 19.2 Å². The lowest BCUT2D eigenvalue weighted by Gasteiger charge is -2.19. The number of para-hydroxylation sites is 1. The minimum atomic E-state index is -0.490. The quantitative estimate of drug-likeness (QED) is 0.489. The number of anilines is 2. The molecule has 3 aromatic carbocycles. The average Bonchev–Trinajstić information content (AvgIpc) is 3.24. The Hall–Kier alpha value is -4.07. The highest BCUT2D eigenvalue weighted by atomic mass is 19.1. The predicted molar refractivity (Wildman–Crippen MR) is 127 cm³/mol. The van der Waals surface area contributed by atoms with Gasteiger partial charge in [-0.1, -0.05) is 35.9 Å². The molecule has 4 rings (SSSR count). The van der Waals surface area contributed by atoms with Gasteiger partial charge in [-0.2, -0.15) is 0 Å². The molecule has 0 bridgehead atoms. The summed E-state index contributed by atoms with van der Waals surface area (Å²) >= 11 is 0. The molecule has 7 nitrogen and oxygen atoms in total. The molecular formula is C26H26FN3O4. The molecule has 1 atom stereocenters. The first-order valence-corrected chi connectivity index (χ1v) is 10.9. The van der Waals surface area contributed by atoms with Gasteiger partial charge in [-0.3, -0.25) is 20.4 Å². The Labute approximate surface area is 197 Å². The first kappa shape index (κ1) is 23.1. The van der Waals surface area contributed by atoms with Crippen LogP contribution in [0.5, 0.6) is 11.5 Å². The second kappa shape index (κ2) is 10.2. The number of hydrogen-bond donors (Lipinski definition) is 2. The molecular weight excluding hydrogens is 437 g/mol. The number of nitrogens with zero attached hydrogens (tertiary/aromatic N) is 1. The van der Waals surface area contributed by atoms with Crippen molar-refractivity contribution in [2.45, 2.75) is 20.0 Å². The number of amides is 2. The third-order valence-corrected chi connectivity index (χ3v) is 5.66. The molecule has 2 N–H and O–H groups in total.